The second-order valence-electron chi connectivity index (χ2n) is 5.28. The highest BCUT2D eigenvalue weighted by Gasteiger charge is 2.26. The molecule has 1 N–H and O–H groups in total. The smallest absolute Gasteiger partial charge is 0.136 e. The van der Waals surface area contributed by atoms with Crippen LogP contribution in [0.1, 0.15) is 42.3 Å². The van der Waals surface area contributed by atoms with Crippen LogP contribution in [0.15, 0.2) is 0 Å². The number of rotatable bonds is 2. The van der Waals surface area contributed by atoms with E-state index in [1.807, 2.05) is 0 Å². The van der Waals surface area contributed by atoms with Gasteiger partial charge in [0.1, 0.15) is 11.6 Å². The van der Waals surface area contributed by atoms with Crippen molar-refractivity contribution in [1.29, 1.82) is 0 Å². The highest BCUT2D eigenvalue weighted by molar-refractivity contribution is 5.49. The number of fused-ring (bicyclic) bond motifs is 1. The molecule has 0 atom stereocenters. The van der Waals surface area contributed by atoms with Crippen molar-refractivity contribution in [3.63, 3.8) is 0 Å². The van der Waals surface area contributed by atoms with Gasteiger partial charge in [0.15, 0.2) is 0 Å². The van der Waals surface area contributed by atoms with Gasteiger partial charge in [-0.25, -0.2) is 9.97 Å². The van der Waals surface area contributed by atoms with E-state index < -0.39 is 0 Å². The fourth-order valence-electron chi connectivity index (χ4n) is 2.56. The van der Waals surface area contributed by atoms with Crippen molar-refractivity contribution in [3.05, 3.63) is 17.1 Å². The monoisotopic (exact) mass is 232 g/mol. The molecule has 1 aliphatic heterocycles. The first kappa shape index (κ1) is 11.0. The predicted molar refractivity (Wildman–Crippen MR) is 68.4 cm³/mol. The molecule has 1 aromatic rings. The molecular formula is C13H20N4. The molecule has 17 heavy (non-hydrogen) atoms. The summed E-state index contributed by atoms with van der Waals surface area (Å²) in [6.07, 6.45) is 4.91. The first-order chi connectivity index (χ1) is 8.25. The SMILES string of the molecule is CN(C)c1nc(C2CCC2)nc2c1CNCC2. The van der Waals surface area contributed by atoms with Crippen molar-refractivity contribution in [2.75, 3.05) is 25.5 Å². The average Bonchev–Trinajstić information content (AvgIpc) is 2.25. The molecule has 0 spiro atoms. The molecule has 1 fully saturated rings. The molecule has 2 aliphatic rings. The van der Waals surface area contributed by atoms with Crippen LogP contribution in [0.5, 0.6) is 0 Å². The van der Waals surface area contributed by atoms with E-state index in [0.717, 1.165) is 31.2 Å². The second-order valence-corrected chi connectivity index (χ2v) is 5.28. The number of hydrogen-bond donors (Lipinski definition) is 1. The third-order valence-electron chi connectivity index (χ3n) is 3.82. The van der Waals surface area contributed by atoms with Crippen LogP contribution in [-0.4, -0.2) is 30.6 Å². The van der Waals surface area contributed by atoms with Crippen LogP contribution < -0.4 is 10.2 Å². The highest BCUT2D eigenvalue weighted by atomic mass is 15.2. The first-order valence-electron chi connectivity index (χ1n) is 6.53. The maximum absolute atomic E-state index is 4.80. The molecular weight excluding hydrogens is 212 g/mol. The summed E-state index contributed by atoms with van der Waals surface area (Å²) in [5, 5.41) is 3.41. The van der Waals surface area contributed by atoms with Crippen LogP contribution >= 0.6 is 0 Å². The average molecular weight is 232 g/mol. The number of aromatic nitrogens is 2. The summed E-state index contributed by atoms with van der Waals surface area (Å²) in [6, 6.07) is 0. The Hall–Kier alpha value is -1.16. The minimum atomic E-state index is 0.619. The van der Waals surface area contributed by atoms with E-state index in [0.29, 0.717) is 5.92 Å². The zero-order valence-corrected chi connectivity index (χ0v) is 10.7. The van der Waals surface area contributed by atoms with E-state index in [-0.39, 0.29) is 0 Å². The number of nitrogens with zero attached hydrogens (tertiary/aromatic N) is 3. The Morgan fingerprint density at radius 3 is 2.71 bits per heavy atom. The molecule has 0 amide bonds. The zero-order valence-electron chi connectivity index (χ0n) is 10.7. The number of anilines is 1. The van der Waals surface area contributed by atoms with Crippen LogP contribution in [0.25, 0.3) is 0 Å². The molecule has 0 bridgehead atoms. The Labute approximate surface area is 102 Å². The van der Waals surface area contributed by atoms with Gasteiger partial charge in [-0.05, 0) is 12.8 Å². The lowest BCUT2D eigenvalue weighted by Gasteiger charge is -2.28. The Balaban J connectivity index is 2.04. The van der Waals surface area contributed by atoms with Crippen molar-refractivity contribution in [2.24, 2.45) is 0 Å². The first-order valence-corrected chi connectivity index (χ1v) is 6.53. The summed E-state index contributed by atoms with van der Waals surface area (Å²) in [4.78, 5) is 11.7. The van der Waals surface area contributed by atoms with Gasteiger partial charge in [0.05, 0.1) is 5.69 Å². The molecule has 0 unspecified atom stereocenters. The standard InChI is InChI=1S/C13H20N4/c1-17(2)13-10-8-14-7-6-11(10)15-12(16-13)9-4-3-5-9/h9,14H,3-8H2,1-2H3. The number of nitrogens with one attached hydrogen (secondary N) is 1. The lowest BCUT2D eigenvalue weighted by molar-refractivity contribution is 0.399. The van der Waals surface area contributed by atoms with E-state index in [1.54, 1.807) is 0 Å². The predicted octanol–water partition coefficient (Wildman–Crippen LogP) is 1.46. The third kappa shape index (κ3) is 1.90. The van der Waals surface area contributed by atoms with E-state index in [1.165, 1.54) is 30.5 Å². The van der Waals surface area contributed by atoms with Crippen molar-refractivity contribution < 1.29 is 0 Å². The second kappa shape index (κ2) is 4.26. The van der Waals surface area contributed by atoms with Crippen molar-refractivity contribution in [1.82, 2.24) is 15.3 Å². The third-order valence-corrected chi connectivity index (χ3v) is 3.82. The van der Waals surface area contributed by atoms with Gasteiger partial charge in [0.25, 0.3) is 0 Å². The lowest BCUT2D eigenvalue weighted by atomic mass is 9.84. The van der Waals surface area contributed by atoms with Gasteiger partial charge in [-0.1, -0.05) is 6.42 Å². The number of hydrogen-bond acceptors (Lipinski definition) is 4. The van der Waals surface area contributed by atoms with Gasteiger partial charge in [0, 0.05) is 45.1 Å². The summed E-state index contributed by atoms with van der Waals surface area (Å²) in [7, 11) is 4.14. The minimum Gasteiger partial charge on any atom is -0.362 e. The summed E-state index contributed by atoms with van der Waals surface area (Å²) >= 11 is 0. The Morgan fingerprint density at radius 1 is 1.24 bits per heavy atom. The summed E-state index contributed by atoms with van der Waals surface area (Å²) in [6.45, 7) is 1.95. The quantitative estimate of drug-likeness (QED) is 0.838. The van der Waals surface area contributed by atoms with E-state index in [2.05, 4.69) is 24.3 Å². The topological polar surface area (TPSA) is 41.1 Å². The molecule has 2 heterocycles. The highest BCUT2D eigenvalue weighted by Crippen LogP contribution is 2.36. The molecule has 0 radical (unpaired) electrons. The van der Waals surface area contributed by atoms with E-state index >= 15 is 0 Å². The normalized spacial score (nSPS) is 19.6. The molecule has 1 saturated carbocycles. The molecule has 92 valence electrons. The van der Waals surface area contributed by atoms with Crippen LogP contribution in [-0.2, 0) is 13.0 Å². The maximum Gasteiger partial charge on any atom is 0.136 e. The fourth-order valence-corrected chi connectivity index (χ4v) is 2.56. The van der Waals surface area contributed by atoms with Crippen LogP contribution in [0.3, 0.4) is 0 Å². The molecule has 0 saturated heterocycles. The van der Waals surface area contributed by atoms with Crippen molar-refractivity contribution in [3.8, 4) is 0 Å². The van der Waals surface area contributed by atoms with Crippen LogP contribution in [0.2, 0.25) is 0 Å². The van der Waals surface area contributed by atoms with Gasteiger partial charge in [0.2, 0.25) is 0 Å². The van der Waals surface area contributed by atoms with E-state index in [4.69, 9.17) is 9.97 Å². The summed E-state index contributed by atoms with van der Waals surface area (Å²) in [5.41, 5.74) is 2.56. The van der Waals surface area contributed by atoms with Crippen LogP contribution in [0, 0.1) is 0 Å². The van der Waals surface area contributed by atoms with Crippen LogP contribution in [0.4, 0.5) is 5.82 Å². The molecule has 0 aromatic carbocycles. The molecule has 1 aromatic heterocycles. The molecule has 4 heteroatoms. The van der Waals surface area contributed by atoms with E-state index in [9.17, 15) is 0 Å². The van der Waals surface area contributed by atoms with Gasteiger partial charge in [-0.15, -0.1) is 0 Å². The van der Waals surface area contributed by atoms with Crippen molar-refractivity contribution in [2.45, 2.75) is 38.1 Å². The molecule has 3 rings (SSSR count). The summed E-state index contributed by atoms with van der Waals surface area (Å²) < 4.78 is 0. The molecule has 4 nitrogen and oxygen atoms in total. The fraction of sp³-hybridized carbons (Fsp3) is 0.692. The Bertz CT molecular complexity index is 424. The maximum atomic E-state index is 4.80. The van der Waals surface area contributed by atoms with Crippen molar-refractivity contribution >= 4 is 5.82 Å². The van der Waals surface area contributed by atoms with Gasteiger partial charge < -0.3 is 10.2 Å². The largest absolute Gasteiger partial charge is 0.362 e. The Kier molecular flexibility index (Phi) is 2.74. The lowest BCUT2D eigenvalue weighted by Crippen LogP contribution is -2.29. The van der Waals surface area contributed by atoms with Gasteiger partial charge >= 0.3 is 0 Å². The minimum absolute atomic E-state index is 0.619. The summed E-state index contributed by atoms with van der Waals surface area (Å²) in [5.74, 6) is 2.82. The van der Waals surface area contributed by atoms with Gasteiger partial charge in [-0.3, -0.25) is 0 Å². The zero-order chi connectivity index (χ0) is 11.8. The van der Waals surface area contributed by atoms with Gasteiger partial charge in [-0.2, -0.15) is 0 Å². The molecule has 1 aliphatic carbocycles. The Morgan fingerprint density at radius 2 is 2.06 bits per heavy atom.